The molecular weight excluding hydrogens is 486 g/mol. The van der Waals surface area contributed by atoms with Crippen LogP contribution in [0.1, 0.15) is 53.9 Å². The molecule has 2 aliphatic rings. The Morgan fingerprint density at radius 2 is 1.76 bits per heavy atom. The molecule has 5 rings (SSSR count). The SMILES string of the molecule is NC(=O)c1cc(-c2ccccc2)cc2c(C3CCN(S(=O)(=O)CCCNC4CCNCC4)CC3)c[nH]c12. The van der Waals surface area contributed by atoms with Crippen LogP contribution in [0.3, 0.4) is 0 Å². The molecule has 3 heterocycles. The van der Waals surface area contributed by atoms with Crippen LogP contribution in [-0.2, 0) is 10.0 Å². The van der Waals surface area contributed by atoms with Crippen LogP contribution in [0.5, 0.6) is 0 Å². The summed E-state index contributed by atoms with van der Waals surface area (Å²) in [5.41, 5.74) is 10.0. The number of nitrogens with zero attached hydrogens (tertiary/aromatic N) is 1. The minimum atomic E-state index is -3.27. The third-order valence-corrected chi connectivity index (χ3v) is 9.79. The number of piperidine rings is 2. The molecule has 2 aliphatic heterocycles. The van der Waals surface area contributed by atoms with Gasteiger partial charge in [-0.1, -0.05) is 30.3 Å². The molecule has 198 valence electrons. The molecule has 2 aromatic carbocycles. The largest absolute Gasteiger partial charge is 0.366 e. The van der Waals surface area contributed by atoms with E-state index in [4.69, 9.17) is 5.73 Å². The van der Waals surface area contributed by atoms with E-state index >= 15 is 0 Å². The molecule has 3 aromatic rings. The second-order valence-corrected chi connectivity index (χ2v) is 12.3. The molecule has 37 heavy (non-hydrogen) atoms. The molecule has 0 aliphatic carbocycles. The second-order valence-electron chi connectivity index (χ2n) is 10.2. The normalized spacial score (nSPS) is 18.4. The maximum atomic E-state index is 13.0. The van der Waals surface area contributed by atoms with Crippen LogP contribution in [0.4, 0.5) is 0 Å². The fourth-order valence-corrected chi connectivity index (χ4v) is 7.28. The van der Waals surface area contributed by atoms with E-state index in [2.05, 4.69) is 21.7 Å². The van der Waals surface area contributed by atoms with Crippen molar-refractivity contribution in [3.63, 3.8) is 0 Å². The Labute approximate surface area is 219 Å². The van der Waals surface area contributed by atoms with Gasteiger partial charge in [0.1, 0.15) is 0 Å². The molecule has 1 amide bonds. The standard InChI is InChI=1S/C28H37N5O3S/c29-28(34)25-18-22(20-5-2-1-3-6-20)17-24-26(19-32-27(24)25)21-9-14-33(15-10-21)37(35,36)16-4-11-31-23-7-12-30-13-8-23/h1-3,5-6,17-19,21,23,30-32H,4,7-16H2,(H2,29,34). The Kier molecular flexibility index (Phi) is 7.95. The highest BCUT2D eigenvalue weighted by molar-refractivity contribution is 7.89. The van der Waals surface area contributed by atoms with Crippen molar-refractivity contribution in [1.82, 2.24) is 19.9 Å². The van der Waals surface area contributed by atoms with Crippen LogP contribution < -0.4 is 16.4 Å². The van der Waals surface area contributed by atoms with E-state index < -0.39 is 15.9 Å². The number of H-pyrrole nitrogens is 1. The number of amides is 1. The number of hydrogen-bond donors (Lipinski definition) is 4. The number of carbonyl (C=O) groups is 1. The number of rotatable bonds is 9. The van der Waals surface area contributed by atoms with Crippen molar-refractivity contribution in [2.24, 2.45) is 5.73 Å². The predicted molar refractivity (Wildman–Crippen MR) is 148 cm³/mol. The van der Waals surface area contributed by atoms with Gasteiger partial charge in [0.05, 0.1) is 16.8 Å². The van der Waals surface area contributed by atoms with E-state index in [9.17, 15) is 13.2 Å². The van der Waals surface area contributed by atoms with Gasteiger partial charge in [-0.05, 0) is 86.5 Å². The number of benzene rings is 2. The van der Waals surface area contributed by atoms with Gasteiger partial charge in [0.2, 0.25) is 10.0 Å². The maximum Gasteiger partial charge on any atom is 0.250 e. The highest BCUT2D eigenvalue weighted by Crippen LogP contribution is 2.37. The van der Waals surface area contributed by atoms with Gasteiger partial charge in [-0.25, -0.2) is 12.7 Å². The molecule has 0 atom stereocenters. The Bertz CT molecular complexity index is 1320. The summed E-state index contributed by atoms with van der Waals surface area (Å²) >= 11 is 0. The van der Waals surface area contributed by atoms with Gasteiger partial charge in [0.15, 0.2) is 0 Å². The van der Waals surface area contributed by atoms with Crippen molar-refractivity contribution in [2.75, 3.05) is 38.5 Å². The molecular formula is C28H37N5O3S. The van der Waals surface area contributed by atoms with Crippen LogP contribution in [-0.4, -0.2) is 68.1 Å². The van der Waals surface area contributed by atoms with Gasteiger partial charge in [0, 0.05) is 30.7 Å². The van der Waals surface area contributed by atoms with E-state index in [-0.39, 0.29) is 11.7 Å². The first kappa shape index (κ1) is 25.9. The van der Waals surface area contributed by atoms with Gasteiger partial charge in [-0.2, -0.15) is 0 Å². The lowest BCUT2D eigenvalue weighted by Gasteiger charge is -2.31. The average Bonchev–Trinajstić information content (AvgIpc) is 3.36. The molecule has 2 saturated heterocycles. The zero-order chi connectivity index (χ0) is 25.8. The number of sulfonamides is 1. The molecule has 0 saturated carbocycles. The lowest BCUT2D eigenvalue weighted by Crippen LogP contribution is -2.42. The fraction of sp³-hybridized carbons (Fsp3) is 0.464. The summed E-state index contributed by atoms with van der Waals surface area (Å²) in [6.07, 6.45) is 6.30. The van der Waals surface area contributed by atoms with Gasteiger partial charge < -0.3 is 21.4 Å². The van der Waals surface area contributed by atoms with Crippen LogP contribution in [0.15, 0.2) is 48.7 Å². The minimum absolute atomic E-state index is 0.186. The molecule has 8 nitrogen and oxygen atoms in total. The molecule has 0 spiro atoms. The predicted octanol–water partition coefficient (Wildman–Crippen LogP) is 3.17. The van der Waals surface area contributed by atoms with Gasteiger partial charge in [-0.15, -0.1) is 0 Å². The van der Waals surface area contributed by atoms with E-state index in [0.717, 1.165) is 72.9 Å². The number of aromatic nitrogens is 1. The Hall–Kier alpha value is -2.72. The average molecular weight is 524 g/mol. The summed E-state index contributed by atoms with van der Waals surface area (Å²) in [7, 11) is -3.27. The topological polar surface area (TPSA) is 120 Å². The van der Waals surface area contributed by atoms with E-state index in [1.54, 1.807) is 4.31 Å². The Balaban J connectivity index is 1.25. The molecule has 2 fully saturated rings. The number of carbonyl (C=O) groups excluding carboxylic acids is 1. The summed E-state index contributed by atoms with van der Waals surface area (Å²) in [6.45, 7) is 3.82. The zero-order valence-corrected chi connectivity index (χ0v) is 22.0. The first-order chi connectivity index (χ1) is 17.9. The number of fused-ring (bicyclic) bond motifs is 1. The van der Waals surface area contributed by atoms with Crippen LogP contribution >= 0.6 is 0 Å². The number of nitrogens with two attached hydrogens (primary N) is 1. The van der Waals surface area contributed by atoms with Crippen molar-refractivity contribution in [1.29, 1.82) is 0 Å². The monoisotopic (exact) mass is 523 g/mol. The minimum Gasteiger partial charge on any atom is -0.366 e. The fourth-order valence-electron chi connectivity index (χ4n) is 5.74. The summed E-state index contributed by atoms with van der Waals surface area (Å²) in [5.74, 6) is -0.0641. The third-order valence-electron chi connectivity index (χ3n) is 7.83. The highest BCUT2D eigenvalue weighted by atomic mass is 32.2. The van der Waals surface area contributed by atoms with Crippen molar-refractivity contribution in [3.8, 4) is 11.1 Å². The van der Waals surface area contributed by atoms with Crippen LogP contribution in [0, 0.1) is 0 Å². The Morgan fingerprint density at radius 3 is 2.46 bits per heavy atom. The number of nitrogens with one attached hydrogen (secondary N) is 3. The summed E-state index contributed by atoms with van der Waals surface area (Å²) in [6, 6.07) is 14.4. The van der Waals surface area contributed by atoms with Crippen molar-refractivity contribution in [3.05, 3.63) is 59.8 Å². The summed E-state index contributed by atoms with van der Waals surface area (Å²) < 4.78 is 27.6. The van der Waals surface area contributed by atoms with E-state index in [1.807, 2.05) is 42.6 Å². The van der Waals surface area contributed by atoms with E-state index in [1.165, 1.54) is 0 Å². The number of primary amides is 1. The highest BCUT2D eigenvalue weighted by Gasteiger charge is 2.30. The first-order valence-corrected chi connectivity index (χ1v) is 15.0. The van der Waals surface area contributed by atoms with Crippen molar-refractivity contribution in [2.45, 2.75) is 44.1 Å². The summed E-state index contributed by atoms with van der Waals surface area (Å²) in [5, 5.41) is 7.84. The van der Waals surface area contributed by atoms with Gasteiger partial charge >= 0.3 is 0 Å². The molecule has 9 heteroatoms. The lowest BCUT2D eigenvalue weighted by molar-refractivity contribution is 0.100. The summed E-state index contributed by atoms with van der Waals surface area (Å²) in [4.78, 5) is 15.5. The first-order valence-electron chi connectivity index (χ1n) is 13.3. The zero-order valence-electron chi connectivity index (χ0n) is 21.2. The van der Waals surface area contributed by atoms with E-state index in [0.29, 0.717) is 31.1 Å². The number of aromatic amines is 1. The molecule has 5 N–H and O–H groups in total. The lowest BCUT2D eigenvalue weighted by atomic mass is 9.88. The smallest absolute Gasteiger partial charge is 0.250 e. The quantitative estimate of drug-likeness (QED) is 0.321. The van der Waals surface area contributed by atoms with Crippen LogP contribution in [0.2, 0.25) is 0 Å². The van der Waals surface area contributed by atoms with Crippen molar-refractivity contribution < 1.29 is 13.2 Å². The third kappa shape index (κ3) is 5.90. The molecule has 0 unspecified atom stereocenters. The Morgan fingerprint density at radius 1 is 1.03 bits per heavy atom. The maximum absolute atomic E-state index is 13.0. The molecule has 1 aromatic heterocycles. The van der Waals surface area contributed by atoms with Crippen LogP contribution in [0.25, 0.3) is 22.0 Å². The second kappa shape index (κ2) is 11.3. The molecule has 0 bridgehead atoms. The van der Waals surface area contributed by atoms with Crippen molar-refractivity contribution >= 4 is 26.8 Å². The molecule has 0 radical (unpaired) electrons. The van der Waals surface area contributed by atoms with Gasteiger partial charge in [-0.3, -0.25) is 4.79 Å². The van der Waals surface area contributed by atoms with Gasteiger partial charge in [0.25, 0.3) is 5.91 Å². The number of hydrogen-bond acceptors (Lipinski definition) is 5.